The molecule has 25 heavy (non-hydrogen) atoms. The van der Waals surface area contributed by atoms with Crippen LogP contribution in [0.25, 0.3) is 0 Å². The lowest BCUT2D eigenvalue weighted by Crippen LogP contribution is -2.41. The summed E-state index contributed by atoms with van der Waals surface area (Å²) in [6.45, 7) is 4.96. The SMILES string of the molecule is Cc1ccc(OCc2nnc(C3CN(S(C)(=O)=O)CCO3)o2)cc1C. The van der Waals surface area contributed by atoms with Gasteiger partial charge in [0.1, 0.15) is 11.9 Å². The van der Waals surface area contributed by atoms with E-state index in [0.29, 0.717) is 12.4 Å². The zero-order valence-corrected chi connectivity index (χ0v) is 15.2. The highest BCUT2D eigenvalue weighted by molar-refractivity contribution is 7.88. The topological polar surface area (TPSA) is 94.8 Å². The minimum absolute atomic E-state index is 0.137. The van der Waals surface area contributed by atoms with Gasteiger partial charge in [-0.15, -0.1) is 10.2 Å². The van der Waals surface area contributed by atoms with Gasteiger partial charge in [0.25, 0.3) is 5.89 Å². The second-order valence-corrected chi connectivity index (χ2v) is 8.03. The number of hydrogen-bond acceptors (Lipinski definition) is 7. The molecule has 0 N–H and O–H groups in total. The summed E-state index contributed by atoms with van der Waals surface area (Å²) in [5, 5.41) is 7.90. The standard InChI is InChI=1S/C16H21N3O5S/c1-11-4-5-13(8-12(11)2)23-10-15-17-18-16(24-15)14-9-19(6-7-22-14)25(3,20)21/h4-5,8,14H,6-7,9-10H2,1-3H3. The minimum atomic E-state index is -3.28. The molecule has 2 aromatic rings. The first kappa shape index (κ1) is 17.8. The van der Waals surface area contributed by atoms with Crippen molar-refractivity contribution < 1.29 is 22.3 Å². The van der Waals surface area contributed by atoms with Crippen molar-refractivity contribution in [2.75, 3.05) is 26.0 Å². The number of hydrogen-bond donors (Lipinski definition) is 0. The van der Waals surface area contributed by atoms with E-state index >= 15 is 0 Å². The summed E-state index contributed by atoms with van der Waals surface area (Å²) in [5.74, 6) is 1.29. The van der Waals surface area contributed by atoms with Crippen molar-refractivity contribution in [3.8, 4) is 5.75 Å². The molecule has 136 valence electrons. The summed E-state index contributed by atoms with van der Waals surface area (Å²) in [4.78, 5) is 0. The van der Waals surface area contributed by atoms with Crippen LogP contribution < -0.4 is 4.74 Å². The van der Waals surface area contributed by atoms with Crippen LogP contribution in [-0.4, -0.2) is 48.9 Å². The fourth-order valence-electron chi connectivity index (χ4n) is 2.48. The molecule has 1 fully saturated rings. The van der Waals surface area contributed by atoms with Gasteiger partial charge in [-0.2, -0.15) is 4.31 Å². The lowest BCUT2D eigenvalue weighted by Gasteiger charge is -2.29. The average Bonchev–Trinajstić information content (AvgIpc) is 3.04. The molecule has 0 saturated carbocycles. The Bertz CT molecular complexity index is 849. The lowest BCUT2D eigenvalue weighted by molar-refractivity contribution is -0.0180. The summed E-state index contributed by atoms with van der Waals surface area (Å²) in [5.41, 5.74) is 2.33. The van der Waals surface area contributed by atoms with Crippen LogP contribution in [-0.2, 0) is 21.4 Å². The molecular weight excluding hydrogens is 346 g/mol. The molecule has 0 amide bonds. The van der Waals surface area contributed by atoms with Crippen molar-refractivity contribution in [3.05, 3.63) is 41.1 Å². The Morgan fingerprint density at radius 2 is 2.08 bits per heavy atom. The van der Waals surface area contributed by atoms with Gasteiger partial charge in [-0.1, -0.05) is 6.07 Å². The highest BCUT2D eigenvalue weighted by atomic mass is 32.2. The Balaban J connectivity index is 1.63. The quantitative estimate of drug-likeness (QED) is 0.792. The predicted molar refractivity (Wildman–Crippen MR) is 89.7 cm³/mol. The molecule has 0 spiro atoms. The van der Waals surface area contributed by atoms with Gasteiger partial charge in [0.05, 0.1) is 12.9 Å². The third-order valence-electron chi connectivity index (χ3n) is 4.10. The minimum Gasteiger partial charge on any atom is -0.484 e. The van der Waals surface area contributed by atoms with E-state index in [1.54, 1.807) is 0 Å². The molecule has 3 rings (SSSR count). The van der Waals surface area contributed by atoms with Crippen molar-refractivity contribution in [1.29, 1.82) is 0 Å². The van der Waals surface area contributed by atoms with Crippen LogP contribution in [0.15, 0.2) is 22.6 Å². The van der Waals surface area contributed by atoms with Crippen molar-refractivity contribution >= 4 is 10.0 Å². The molecule has 1 atom stereocenters. The Morgan fingerprint density at radius 3 is 2.80 bits per heavy atom. The fourth-order valence-corrected chi connectivity index (χ4v) is 3.29. The Labute approximate surface area is 146 Å². The van der Waals surface area contributed by atoms with Gasteiger partial charge in [0, 0.05) is 13.1 Å². The number of aryl methyl sites for hydroxylation is 2. The molecule has 8 nitrogen and oxygen atoms in total. The van der Waals surface area contributed by atoms with Crippen LogP contribution >= 0.6 is 0 Å². The largest absolute Gasteiger partial charge is 0.484 e. The first-order chi connectivity index (χ1) is 11.8. The van der Waals surface area contributed by atoms with Gasteiger partial charge >= 0.3 is 0 Å². The van der Waals surface area contributed by atoms with E-state index in [1.807, 2.05) is 32.0 Å². The molecule has 1 saturated heterocycles. The van der Waals surface area contributed by atoms with Gasteiger partial charge in [-0.05, 0) is 37.1 Å². The number of benzene rings is 1. The number of nitrogens with zero attached hydrogens (tertiary/aromatic N) is 3. The van der Waals surface area contributed by atoms with Crippen molar-refractivity contribution in [2.45, 2.75) is 26.6 Å². The molecule has 1 aromatic carbocycles. The summed E-state index contributed by atoms with van der Waals surface area (Å²) in [6, 6.07) is 5.81. The fraction of sp³-hybridized carbons (Fsp3) is 0.500. The highest BCUT2D eigenvalue weighted by Gasteiger charge is 2.30. The maximum atomic E-state index is 11.7. The molecule has 0 radical (unpaired) electrons. The Kier molecular flexibility index (Phi) is 5.07. The average molecular weight is 367 g/mol. The molecule has 1 unspecified atom stereocenters. The maximum Gasteiger partial charge on any atom is 0.254 e. The first-order valence-corrected chi connectivity index (χ1v) is 9.77. The molecular formula is C16H21N3O5S. The molecule has 2 heterocycles. The third kappa shape index (κ3) is 4.36. The summed E-state index contributed by atoms with van der Waals surface area (Å²) in [7, 11) is -3.28. The second kappa shape index (κ2) is 7.11. The monoisotopic (exact) mass is 367 g/mol. The maximum absolute atomic E-state index is 11.7. The van der Waals surface area contributed by atoms with Gasteiger partial charge in [-0.25, -0.2) is 8.42 Å². The molecule has 1 aliphatic rings. The molecule has 1 aliphatic heterocycles. The highest BCUT2D eigenvalue weighted by Crippen LogP contribution is 2.23. The normalized spacial score (nSPS) is 19.1. The summed E-state index contributed by atoms with van der Waals surface area (Å²) >= 11 is 0. The van der Waals surface area contributed by atoms with E-state index in [-0.39, 0.29) is 25.6 Å². The summed E-state index contributed by atoms with van der Waals surface area (Å²) < 4.78 is 41.4. The number of morpholine rings is 1. The molecule has 1 aromatic heterocycles. The van der Waals surface area contributed by atoms with E-state index in [4.69, 9.17) is 13.9 Å². The van der Waals surface area contributed by atoms with Crippen molar-refractivity contribution in [2.24, 2.45) is 0 Å². The van der Waals surface area contributed by atoms with E-state index in [1.165, 1.54) is 16.1 Å². The van der Waals surface area contributed by atoms with Crippen LogP contribution in [0.3, 0.4) is 0 Å². The van der Waals surface area contributed by atoms with Crippen LogP contribution in [0.2, 0.25) is 0 Å². The van der Waals surface area contributed by atoms with Crippen molar-refractivity contribution in [3.63, 3.8) is 0 Å². The van der Waals surface area contributed by atoms with Crippen molar-refractivity contribution in [1.82, 2.24) is 14.5 Å². The zero-order valence-electron chi connectivity index (χ0n) is 14.4. The number of sulfonamides is 1. The van der Waals surface area contributed by atoms with E-state index in [2.05, 4.69) is 10.2 Å². The van der Waals surface area contributed by atoms with Gasteiger partial charge < -0.3 is 13.9 Å². The summed E-state index contributed by atoms with van der Waals surface area (Å²) in [6.07, 6.45) is 0.609. The number of aromatic nitrogens is 2. The zero-order chi connectivity index (χ0) is 18.0. The van der Waals surface area contributed by atoms with Crippen LogP contribution in [0, 0.1) is 13.8 Å². The molecule has 9 heteroatoms. The van der Waals surface area contributed by atoms with E-state index in [9.17, 15) is 8.42 Å². The van der Waals surface area contributed by atoms with E-state index in [0.717, 1.165) is 11.3 Å². The Morgan fingerprint density at radius 1 is 1.28 bits per heavy atom. The van der Waals surface area contributed by atoms with E-state index < -0.39 is 16.1 Å². The van der Waals surface area contributed by atoms with Gasteiger partial charge in [0.2, 0.25) is 15.9 Å². The molecule has 0 aliphatic carbocycles. The Hall–Kier alpha value is -1.97. The predicted octanol–water partition coefficient (Wildman–Crippen LogP) is 1.60. The number of rotatable bonds is 5. The van der Waals surface area contributed by atoms with Crippen LogP contribution in [0.4, 0.5) is 0 Å². The van der Waals surface area contributed by atoms with Gasteiger partial charge in [0.15, 0.2) is 6.61 Å². The van der Waals surface area contributed by atoms with Crippen LogP contribution in [0.5, 0.6) is 5.75 Å². The smallest absolute Gasteiger partial charge is 0.254 e. The first-order valence-electron chi connectivity index (χ1n) is 7.92. The molecule has 0 bridgehead atoms. The second-order valence-electron chi connectivity index (χ2n) is 6.05. The lowest BCUT2D eigenvalue weighted by atomic mass is 10.1. The van der Waals surface area contributed by atoms with Crippen LogP contribution in [0.1, 0.15) is 29.0 Å². The van der Waals surface area contributed by atoms with Gasteiger partial charge in [-0.3, -0.25) is 0 Å². The third-order valence-corrected chi connectivity index (χ3v) is 5.37. The number of ether oxygens (including phenoxy) is 2.